The van der Waals surface area contributed by atoms with Gasteiger partial charge in [-0.3, -0.25) is 19.8 Å². The van der Waals surface area contributed by atoms with Crippen molar-refractivity contribution in [3.63, 3.8) is 0 Å². The number of aromatic amines is 1. The van der Waals surface area contributed by atoms with Gasteiger partial charge in [0, 0.05) is 42.6 Å². The van der Waals surface area contributed by atoms with Crippen LogP contribution in [0.4, 0.5) is 19.0 Å². The highest BCUT2D eigenvalue weighted by Crippen LogP contribution is 2.36. The third-order valence-electron chi connectivity index (χ3n) is 4.72. The van der Waals surface area contributed by atoms with Crippen LogP contribution in [-0.4, -0.2) is 38.5 Å². The Bertz CT molecular complexity index is 1040. The summed E-state index contributed by atoms with van der Waals surface area (Å²) < 4.78 is 42.4. The van der Waals surface area contributed by atoms with Crippen molar-refractivity contribution in [1.82, 2.24) is 20.2 Å². The molecule has 0 radical (unpaired) electrons. The normalized spacial score (nSPS) is 18.8. The third-order valence-corrected chi connectivity index (χ3v) is 5.00. The Hall–Kier alpha value is -2.94. The van der Waals surface area contributed by atoms with Gasteiger partial charge in [0.1, 0.15) is 0 Å². The van der Waals surface area contributed by atoms with Crippen molar-refractivity contribution >= 4 is 23.3 Å². The molecule has 3 aromatic rings. The van der Waals surface area contributed by atoms with Gasteiger partial charge in [-0.25, -0.2) is 18.2 Å². The summed E-state index contributed by atoms with van der Waals surface area (Å²) in [6, 6.07) is 6.11. The molecule has 6 nitrogen and oxygen atoms in total. The van der Waals surface area contributed by atoms with Gasteiger partial charge in [0.15, 0.2) is 16.8 Å². The molecule has 0 unspecified atom stereocenters. The number of pyridine rings is 2. The van der Waals surface area contributed by atoms with Crippen LogP contribution in [0, 0.1) is 11.7 Å². The third kappa shape index (κ3) is 4.09. The van der Waals surface area contributed by atoms with E-state index in [0.717, 1.165) is 16.5 Å². The molecule has 0 spiro atoms. The minimum absolute atomic E-state index is 0.0757. The molecule has 1 fully saturated rings. The second-order valence-corrected chi connectivity index (χ2v) is 7.24. The van der Waals surface area contributed by atoms with Gasteiger partial charge in [-0.05, 0) is 30.2 Å². The van der Waals surface area contributed by atoms with Crippen LogP contribution >= 0.6 is 11.6 Å². The van der Waals surface area contributed by atoms with Crippen LogP contribution < -0.4 is 4.90 Å². The van der Waals surface area contributed by atoms with E-state index in [2.05, 4.69) is 20.2 Å². The summed E-state index contributed by atoms with van der Waals surface area (Å²) >= 11 is 5.56. The van der Waals surface area contributed by atoms with Crippen LogP contribution in [0.2, 0.25) is 5.15 Å². The molecule has 4 rings (SSSR count). The lowest BCUT2D eigenvalue weighted by atomic mass is 9.89. The van der Waals surface area contributed by atoms with Crippen LogP contribution in [0.25, 0.3) is 11.3 Å². The summed E-state index contributed by atoms with van der Waals surface area (Å²) in [6.07, 6.45) is 3.75. The number of aromatic nitrogens is 4. The number of nitrogens with one attached hydrogen (secondary N) is 1. The van der Waals surface area contributed by atoms with Crippen molar-refractivity contribution in [2.45, 2.75) is 18.8 Å². The summed E-state index contributed by atoms with van der Waals surface area (Å²) in [5, 5.41) is 6.48. The Kier molecular flexibility index (Phi) is 4.99. The number of hydrogen-bond donors (Lipinski definition) is 1. The lowest BCUT2D eigenvalue weighted by Gasteiger charge is -2.35. The molecule has 29 heavy (non-hydrogen) atoms. The Morgan fingerprint density at radius 1 is 1.28 bits per heavy atom. The first-order valence-corrected chi connectivity index (χ1v) is 9.15. The molecule has 3 aromatic heterocycles. The van der Waals surface area contributed by atoms with Crippen molar-refractivity contribution in [2.75, 3.05) is 11.4 Å². The van der Waals surface area contributed by atoms with Gasteiger partial charge >= 0.3 is 0 Å². The fraction of sp³-hybridized carbons (Fsp3) is 0.263. The molecule has 4 heterocycles. The number of nitrogens with zero attached hydrogens (tertiary/aromatic N) is 4. The van der Waals surface area contributed by atoms with Crippen LogP contribution in [0.1, 0.15) is 12.0 Å². The maximum absolute atomic E-state index is 14.4. The molecule has 0 saturated carbocycles. The lowest BCUT2D eigenvalue weighted by Crippen LogP contribution is -2.51. The van der Waals surface area contributed by atoms with Crippen LogP contribution in [0.5, 0.6) is 0 Å². The van der Waals surface area contributed by atoms with E-state index in [0.29, 0.717) is 11.3 Å². The Morgan fingerprint density at radius 2 is 2.03 bits per heavy atom. The number of hydrogen-bond acceptors (Lipinski definition) is 4. The molecular weight excluding hydrogens is 407 g/mol. The lowest BCUT2D eigenvalue weighted by molar-refractivity contribution is -0.132. The van der Waals surface area contributed by atoms with Crippen molar-refractivity contribution in [3.05, 3.63) is 59.4 Å². The molecule has 10 heteroatoms. The van der Waals surface area contributed by atoms with Crippen molar-refractivity contribution in [2.24, 2.45) is 5.92 Å². The summed E-state index contributed by atoms with van der Waals surface area (Å²) in [7, 11) is 0. The van der Waals surface area contributed by atoms with Crippen LogP contribution in [0.15, 0.2) is 42.9 Å². The van der Waals surface area contributed by atoms with E-state index in [-0.39, 0.29) is 17.4 Å². The molecule has 0 aliphatic carbocycles. The highest BCUT2D eigenvalue weighted by Gasteiger charge is 2.46. The first-order valence-electron chi connectivity index (χ1n) is 8.77. The van der Waals surface area contributed by atoms with E-state index in [9.17, 15) is 18.0 Å². The summed E-state index contributed by atoms with van der Waals surface area (Å²) in [6.45, 7) is -0.768. The number of carbonyl (C=O) groups excluding carboxylic acids is 1. The highest BCUT2D eigenvalue weighted by molar-refractivity contribution is 6.29. The molecule has 1 amide bonds. The van der Waals surface area contributed by atoms with Gasteiger partial charge in [0.25, 0.3) is 5.92 Å². The van der Waals surface area contributed by atoms with Gasteiger partial charge in [-0.15, -0.1) is 0 Å². The van der Waals surface area contributed by atoms with Gasteiger partial charge in [0.05, 0.1) is 12.2 Å². The second kappa shape index (κ2) is 7.47. The van der Waals surface area contributed by atoms with E-state index in [1.165, 1.54) is 12.3 Å². The average molecular weight is 422 g/mol. The molecular formula is C19H15ClF3N5O. The largest absolute Gasteiger partial charge is 0.289 e. The number of piperidine rings is 1. The van der Waals surface area contributed by atoms with E-state index in [1.807, 2.05) is 0 Å². The van der Waals surface area contributed by atoms with Crippen molar-refractivity contribution < 1.29 is 18.0 Å². The fourth-order valence-electron chi connectivity index (χ4n) is 3.38. The number of H-pyrrole nitrogens is 1. The predicted octanol–water partition coefficient (Wildman–Crippen LogP) is 3.89. The molecule has 1 saturated heterocycles. The van der Waals surface area contributed by atoms with E-state index < -0.39 is 36.5 Å². The predicted molar refractivity (Wildman–Crippen MR) is 100 cm³/mol. The quantitative estimate of drug-likeness (QED) is 0.648. The van der Waals surface area contributed by atoms with E-state index in [4.69, 9.17) is 11.6 Å². The first kappa shape index (κ1) is 19.4. The Labute approximate surface area is 168 Å². The molecule has 0 aromatic carbocycles. The zero-order chi connectivity index (χ0) is 20.6. The Balaban J connectivity index is 1.59. The smallest absolute Gasteiger partial charge is 0.266 e. The number of halogens is 4. The molecule has 1 aliphatic heterocycles. The maximum Gasteiger partial charge on any atom is 0.266 e. The van der Waals surface area contributed by atoms with E-state index in [1.54, 1.807) is 24.5 Å². The topological polar surface area (TPSA) is 74.8 Å². The van der Waals surface area contributed by atoms with Crippen LogP contribution in [0.3, 0.4) is 0 Å². The number of rotatable bonds is 4. The molecule has 1 aliphatic rings. The van der Waals surface area contributed by atoms with Gasteiger partial charge < -0.3 is 0 Å². The van der Waals surface area contributed by atoms with Crippen molar-refractivity contribution in [3.8, 4) is 11.3 Å². The fourth-order valence-corrected chi connectivity index (χ4v) is 3.48. The summed E-state index contributed by atoms with van der Waals surface area (Å²) in [5.41, 5.74) is 1.65. The SMILES string of the molecule is O=C1[C@H](Cc2cnc(Cl)c(F)c2)CC(F)(F)CN1c1cc(-c2ccncc2)[nH]n1. The van der Waals surface area contributed by atoms with Gasteiger partial charge in [-0.2, -0.15) is 5.10 Å². The number of carbonyl (C=O) groups is 1. The van der Waals surface area contributed by atoms with E-state index >= 15 is 0 Å². The molecule has 150 valence electrons. The minimum Gasteiger partial charge on any atom is -0.289 e. The average Bonchev–Trinajstić information content (AvgIpc) is 3.18. The minimum atomic E-state index is -3.10. The molecule has 1 N–H and O–H groups in total. The zero-order valence-corrected chi connectivity index (χ0v) is 15.7. The maximum atomic E-state index is 14.4. The van der Waals surface area contributed by atoms with Crippen LogP contribution in [-0.2, 0) is 11.2 Å². The molecule has 0 bridgehead atoms. The van der Waals surface area contributed by atoms with Crippen molar-refractivity contribution in [1.29, 1.82) is 0 Å². The number of alkyl halides is 2. The van der Waals surface area contributed by atoms with Gasteiger partial charge in [-0.1, -0.05) is 11.6 Å². The first-order chi connectivity index (χ1) is 13.8. The second-order valence-electron chi connectivity index (χ2n) is 6.88. The molecule has 1 atom stereocenters. The zero-order valence-electron chi connectivity index (χ0n) is 14.9. The van der Waals surface area contributed by atoms with Gasteiger partial charge in [0.2, 0.25) is 5.91 Å². The monoisotopic (exact) mass is 421 g/mol. The standard InChI is InChI=1S/C19H15ClF3N5O/c20-17-14(21)6-11(9-25-17)5-13-8-19(22,23)10-28(18(13)29)16-7-15(26-27-16)12-1-3-24-4-2-12/h1-4,6-7,9,13H,5,8,10H2,(H,26,27)/t13-/m1/s1. The number of anilines is 1. The highest BCUT2D eigenvalue weighted by atomic mass is 35.5. The number of amides is 1. The summed E-state index contributed by atoms with van der Waals surface area (Å²) in [5.74, 6) is -5.30. The Morgan fingerprint density at radius 3 is 2.76 bits per heavy atom. The summed E-state index contributed by atoms with van der Waals surface area (Å²) in [4.78, 5) is 21.5.